The van der Waals surface area contributed by atoms with Crippen molar-refractivity contribution in [1.82, 2.24) is 5.16 Å². The van der Waals surface area contributed by atoms with E-state index in [1.807, 2.05) is 20.8 Å². The molecule has 0 aliphatic rings. The maximum Gasteiger partial charge on any atom is 0.273 e. The first kappa shape index (κ1) is 14.5. The van der Waals surface area contributed by atoms with E-state index in [0.29, 0.717) is 5.69 Å². The van der Waals surface area contributed by atoms with Gasteiger partial charge in [0.25, 0.3) is 10.0 Å². The summed E-state index contributed by atoms with van der Waals surface area (Å²) in [4.78, 5) is 0. The van der Waals surface area contributed by atoms with Gasteiger partial charge >= 0.3 is 0 Å². The highest BCUT2D eigenvalue weighted by Gasteiger charge is 2.22. The fraction of sp³-hybridized carbons (Fsp3) is 0.364. The zero-order chi connectivity index (χ0) is 14.3. The number of hydrogen-bond acceptors (Lipinski definition) is 5. The highest BCUT2D eigenvalue weighted by molar-refractivity contribution is 9.11. The second kappa shape index (κ2) is 4.92. The highest BCUT2D eigenvalue weighted by Crippen LogP contribution is 2.29. The molecule has 0 amide bonds. The first-order chi connectivity index (χ1) is 8.68. The van der Waals surface area contributed by atoms with Crippen LogP contribution in [-0.2, 0) is 15.4 Å². The Labute approximate surface area is 124 Å². The molecule has 0 radical (unpaired) electrons. The van der Waals surface area contributed by atoms with Gasteiger partial charge in [-0.1, -0.05) is 25.9 Å². The Kier molecular flexibility index (Phi) is 3.76. The average molecular weight is 365 g/mol. The van der Waals surface area contributed by atoms with Gasteiger partial charge < -0.3 is 4.52 Å². The van der Waals surface area contributed by atoms with Crippen LogP contribution >= 0.6 is 27.3 Å². The molecule has 104 valence electrons. The SMILES string of the molecule is CC(C)(C)c1cc(NS(=O)(=O)c2ccc(Br)s2)on1. The van der Waals surface area contributed by atoms with Gasteiger partial charge in [0.05, 0.1) is 9.48 Å². The van der Waals surface area contributed by atoms with Gasteiger partial charge in [-0.15, -0.1) is 11.3 Å². The summed E-state index contributed by atoms with van der Waals surface area (Å²) in [6.07, 6.45) is 0. The number of aromatic nitrogens is 1. The van der Waals surface area contributed by atoms with Crippen molar-refractivity contribution in [2.24, 2.45) is 0 Å². The molecular weight excluding hydrogens is 352 g/mol. The zero-order valence-corrected chi connectivity index (χ0v) is 13.8. The molecule has 0 saturated carbocycles. The molecule has 8 heteroatoms. The van der Waals surface area contributed by atoms with Crippen LogP contribution in [0, 0.1) is 0 Å². The van der Waals surface area contributed by atoms with Crippen molar-refractivity contribution in [3.8, 4) is 0 Å². The topological polar surface area (TPSA) is 72.2 Å². The molecule has 0 aliphatic carbocycles. The second-order valence-corrected chi connectivity index (χ2v) is 9.36. The van der Waals surface area contributed by atoms with Gasteiger partial charge in [0.1, 0.15) is 4.21 Å². The number of thiophene rings is 1. The van der Waals surface area contributed by atoms with E-state index in [1.165, 1.54) is 6.07 Å². The summed E-state index contributed by atoms with van der Waals surface area (Å²) in [5.41, 5.74) is 0.497. The molecule has 0 fully saturated rings. The minimum Gasteiger partial charge on any atom is -0.338 e. The molecule has 2 aromatic rings. The number of rotatable bonds is 3. The molecule has 2 aromatic heterocycles. The lowest BCUT2D eigenvalue weighted by molar-refractivity contribution is 0.405. The second-order valence-electron chi connectivity index (χ2n) is 4.99. The Balaban J connectivity index is 2.24. The van der Waals surface area contributed by atoms with E-state index in [2.05, 4.69) is 25.8 Å². The third-order valence-electron chi connectivity index (χ3n) is 2.33. The lowest BCUT2D eigenvalue weighted by Crippen LogP contribution is -2.12. The largest absolute Gasteiger partial charge is 0.338 e. The maximum atomic E-state index is 12.1. The van der Waals surface area contributed by atoms with E-state index in [9.17, 15) is 8.42 Å². The zero-order valence-electron chi connectivity index (χ0n) is 10.6. The van der Waals surface area contributed by atoms with Crippen LogP contribution in [-0.4, -0.2) is 13.6 Å². The molecule has 0 atom stereocenters. The van der Waals surface area contributed by atoms with E-state index in [4.69, 9.17) is 4.52 Å². The van der Waals surface area contributed by atoms with Gasteiger partial charge in [0.2, 0.25) is 5.88 Å². The predicted molar refractivity (Wildman–Crippen MR) is 78.0 cm³/mol. The normalized spacial score (nSPS) is 12.6. The monoisotopic (exact) mass is 364 g/mol. The van der Waals surface area contributed by atoms with Crippen LogP contribution < -0.4 is 4.72 Å². The standard InChI is InChI=1S/C11H13BrN2O3S2/c1-11(2,3)7-6-9(17-13-7)14-19(15,16)10-5-4-8(12)18-10/h4-6,14H,1-3H3. The van der Waals surface area contributed by atoms with Crippen molar-refractivity contribution in [1.29, 1.82) is 0 Å². The summed E-state index contributed by atoms with van der Waals surface area (Å²) in [6, 6.07) is 4.80. The molecule has 1 N–H and O–H groups in total. The maximum absolute atomic E-state index is 12.1. The van der Waals surface area contributed by atoms with Crippen LogP contribution in [0.5, 0.6) is 0 Å². The molecule has 0 saturated heterocycles. The third-order valence-corrected chi connectivity index (χ3v) is 5.79. The van der Waals surface area contributed by atoms with Crippen LogP contribution in [0.1, 0.15) is 26.5 Å². The van der Waals surface area contributed by atoms with E-state index in [0.717, 1.165) is 15.1 Å². The number of hydrogen-bond donors (Lipinski definition) is 1. The smallest absolute Gasteiger partial charge is 0.273 e. The summed E-state index contributed by atoms with van der Waals surface area (Å²) in [5, 5.41) is 3.86. The van der Waals surface area contributed by atoms with E-state index >= 15 is 0 Å². The molecule has 0 aliphatic heterocycles. The number of halogens is 1. The third kappa shape index (κ3) is 3.37. The quantitative estimate of drug-likeness (QED) is 0.902. The van der Waals surface area contributed by atoms with Crippen LogP contribution in [0.4, 0.5) is 5.88 Å². The molecule has 0 unspecified atom stereocenters. The number of nitrogens with one attached hydrogen (secondary N) is 1. The van der Waals surface area contributed by atoms with Crippen molar-refractivity contribution in [3.05, 3.63) is 27.7 Å². The summed E-state index contributed by atoms with van der Waals surface area (Å²) < 4.78 is 32.5. The Morgan fingerprint density at radius 1 is 1.37 bits per heavy atom. The molecule has 0 spiro atoms. The van der Waals surface area contributed by atoms with Gasteiger partial charge in [-0.25, -0.2) is 13.1 Å². The summed E-state index contributed by atoms with van der Waals surface area (Å²) in [6.45, 7) is 5.92. The van der Waals surface area contributed by atoms with Crippen LogP contribution in [0.2, 0.25) is 0 Å². The Bertz CT molecular complexity index is 683. The summed E-state index contributed by atoms with van der Waals surface area (Å²) in [5.74, 6) is 0.120. The lowest BCUT2D eigenvalue weighted by Gasteiger charge is -2.12. The van der Waals surface area contributed by atoms with Gasteiger partial charge in [-0.05, 0) is 28.1 Å². The first-order valence-corrected chi connectivity index (χ1v) is 8.53. The van der Waals surface area contributed by atoms with Crippen molar-refractivity contribution in [2.75, 3.05) is 4.72 Å². The van der Waals surface area contributed by atoms with Crippen molar-refractivity contribution < 1.29 is 12.9 Å². The molecule has 19 heavy (non-hydrogen) atoms. The fourth-order valence-electron chi connectivity index (χ4n) is 1.30. The Morgan fingerprint density at radius 2 is 2.05 bits per heavy atom. The lowest BCUT2D eigenvalue weighted by atomic mass is 9.92. The van der Waals surface area contributed by atoms with Gasteiger partial charge in [-0.2, -0.15) is 0 Å². The molecular formula is C11H13BrN2O3S2. The first-order valence-electron chi connectivity index (χ1n) is 5.44. The number of nitrogens with zero attached hydrogens (tertiary/aromatic N) is 1. The summed E-state index contributed by atoms with van der Waals surface area (Å²) in [7, 11) is -3.62. The van der Waals surface area contributed by atoms with Gasteiger partial charge in [-0.3, -0.25) is 0 Å². The molecule has 0 bridgehead atoms. The molecule has 0 aromatic carbocycles. The predicted octanol–water partition coefficient (Wildman–Crippen LogP) is 3.60. The highest BCUT2D eigenvalue weighted by atomic mass is 79.9. The van der Waals surface area contributed by atoms with E-state index in [-0.39, 0.29) is 15.5 Å². The summed E-state index contributed by atoms with van der Waals surface area (Å²) >= 11 is 4.36. The molecule has 5 nitrogen and oxygen atoms in total. The van der Waals surface area contributed by atoms with Crippen LogP contribution in [0.3, 0.4) is 0 Å². The number of anilines is 1. The molecule has 2 heterocycles. The van der Waals surface area contributed by atoms with Crippen molar-refractivity contribution in [3.63, 3.8) is 0 Å². The Morgan fingerprint density at radius 3 is 2.53 bits per heavy atom. The van der Waals surface area contributed by atoms with Crippen LogP contribution in [0.25, 0.3) is 0 Å². The van der Waals surface area contributed by atoms with Crippen molar-refractivity contribution in [2.45, 2.75) is 30.4 Å². The minimum absolute atomic E-state index is 0.120. The average Bonchev–Trinajstić information content (AvgIpc) is 2.85. The molecule has 2 rings (SSSR count). The Hall–Kier alpha value is -0.860. The number of sulfonamides is 1. The van der Waals surface area contributed by atoms with E-state index in [1.54, 1.807) is 12.1 Å². The van der Waals surface area contributed by atoms with Gasteiger partial charge in [0.15, 0.2) is 0 Å². The minimum atomic E-state index is -3.62. The fourth-order valence-corrected chi connectivity index (χ4v) is 4.28. The van der Waals surface area contributed by atoms with E-state index < -0.39 is 10.0 Å². The van der Waals surface area contributed by atoms with Gasteiger partial charge in [0, 0.05) is 11.5 Å². The van der Waals surface area contributed by atoms with Crippen LogP contribution in [0.15, 0.2) is 30.7 Å². The van der Waals surface area contributed by atoms with Crippen molar-refractivity contribution >= 4 is 43.2 Å².